The molecule has 0 bridgehead atoms. The van der Waals surface area contributed by atoms with Gasteiger partial charge in [-0.3, -0.25) is 4.79 Å². The van der Waals surface area contributed by atoms with Crippen molar-refractivity contribution in [3.8, 4) is 0 Å². The van der Waals surface area contributed by atoms with Gasteiger partial charge in [0.05, 0.1) is 29.9 Å². The molecular weight excluding hydrogens is 258 g/mol. The number of hydrogen-bond acceptors (Lipinski definition) is 4. The molecule has 2 rings (SSSR count). The summed E-state index contributed by atoms with van der Waals surface area (Å²) in [5.41, 5.74) is 2.65. The van der Waals surface area contributed by atoms with Crippen LogP contribution in [0.4, 0.5) is 0 Å². The van der Waals surface area contributed by atoms with Crippen LogP contribution in [0, 0.1) is 0 Å². The minimum atomic E-state index is -0.832. The standard InChI is InChI=1S/C14H19N3O3/c1-16(6-5-14(19)20)8-13(18)10-3-4-12-11(7-10)15-9-17(12)2/h3-4,7,9,13,18H,5-6,8H2,1-2H3,(H,19,20). The number of aliphatic carboxylic acids is 1. The summed E-state index contributed by atoms with van der Waals surface area (Å²) in [6.07, 6.45) is 1.16. The van der Waals surface area contributed by atoms with Crippen molar-refractivity contribution in [3.05, 3.63) is 30.1 Å². The molecule has 2 N–H and O–H groups in total. The van der Waals surface area contributed by atoms with Gasteiger partial charge < -0.3 is 19.7 Å². The molecule has 0 fully saturated rings. The molecule has 2 aromatic rings. The van der Waals surface area contributed by atoms with Gasteiger partial charge in [-0.25, -0.2) is 4.98 Å². The van der Waals surface area contributed by atoms with Gasteiger partial charge in [0.25, 0.3) is 0 Å². The lowest BCUT2D eigenvalue weighted by molar-refractivity contribution is -0.137. The zero-order valence-corrected chi connectivity index (χ0v) is 11.7. The van der Waals surface area contributed by atoms with Crippen LogP contribution in [0.1, 0.15) is 18.1 Å². The number of aryl methyl sites for hydroxylation is 1. The van der Waals surface area contributed by atoms with E-state index in [1.165, 1.54) is 0 Å². The Labute approximate surface area is 117 Å². The Bertz CT molecular complexity index is 609. The van der Waals surface area contributed by atoms with Gasteiger partial charge in [0, 0.05) is 20.1 Å². The molecule has 1 unspecified atom stereocenters. The van der Waals surface area contributed by atoms with Crippen LogP contribution in [0.25, 0.3) is 11.0 Å². The van der Waals surface area contributed by atoms with Crippen molar-refractivity contribution in [2.75, 3.05) is 20.1 Å². The summed E-state index contributed by atoms with van der Waals surface area (Å²) >= 11 is 0. The summed E-state index contributed by atoms with van der Waals surface area (Å²) in [6, 6.07) is 5.67. The Hall–Kier alpha value is -1.92. The van der Waals surface area contributed by atoms with Gasteiger partial charge in [-0.15, -0.1) is 0 Å². The zero-order valence-electron chi connectivity index (χ0n) is 11.7. The van der Waals surface area contributed by atoms with Crippen LogP contribution in [0.3, 0.4) is 0 Å². The first-order valence-corrected chi connectivity index (χ1v) is 6.46. The van der Waals surface area contributed by atoms with Crippen LogP contribution in [-0.2, 0) is 11.8 Å². The van der Waals surface area contributed by atoms with Crippen LogP contribution in [0.2, 0.25) is 0 Å². The maximum atomic E-state index is 10.5. The van der Waals surface area contributed by atoms with E-state index in [0.717, 1.165) is 16.6 Å². The highest BCUT2D eigenvalue weighted by Gasteiger charge is 2.13. The van der Waals surface area contributed by atoms with E-state index in [0.29, 0.717) is 13.1 Å². The van der Waals surface area contributed by atoms with E-state index in [4.69, 9.17) is 5.11 Å². The summed E-state index contributed by atoms with van der Waals surface area (Å²) in [7, 11) is 3.72. The molecule has 6 nitrogen and oxygen atoms in total. The molecule has 1 aromatic carbocycles. The van der Waals surface area contributed by atoms with E-state index < -0.39 is 12.1 Å². The number of carboxylic acids is 1. The highest BCUT2D eigenvalue weighted by molar-refractivity contribution is 5.76. The van der Waals surface area contributed by atoms with Crippen molar-refractivity contribution in [2.45, 2.75) is 12.5 Å². The van der Waals surface area contributed by atoms with Gasteiger partial charge in [0.1, 0.15) is 0 Å². The Kier molecular flexibility index (Phi) is 4.36. The Morgan fingerprint density at radius 1 is 1.50 bits per heavy atom. The Morgan fingerprint density at radius 3 is 2.95 bits per heavy atom. The average molecular weight is 277 g/mol. The number of hydrogen-bond donors (Lipinski definition) is 2. The number of imidazole rings is 1. The molecule has 1 heterocycles. The van der Waals surface area contributed by atoms with Crippen molar-refractivity contribution in [1.82, 2.24) is 14.5 Å². The van der Waals surface area contributed by atoms with Crippen molar-refractivity contribution in [1.29, 1.82) is 0 Å². The second kappa shape index (κ2) is 6.02. The molecule has 0 saturated carbocycles. The number of carbonyl (C=O) groups is 1. The number of likely N-dealkylation sites (N-methyl/N-ethyl adjacent to an activating group) is 1. The molecule has 0 saturated heterocycles. The van der Waals surface area contributed by atoms with E-state index >= 15 is 0 Å². The fourth-order valence-corrected chi connectivity index (χ4v) is 2.14. The SMILES string of the molecule is CN(CCC(=O)O)CC(O)c1ccc2c(c1)ncn2C. The van der Waals surface area contributed by atoms with Gasteiger partial charge in [-0.05, 0) is 24.7 Å². The first kappa shape index (κ1) is 14.5. The fourth-order valence-electron chi connectivity index (χ4n) is 2.14. The largest absolute Gasteiger partial charge is 0.481 e. The second-order valence-electron chi connectivity index (χ2n) is 5.03. The van der Waals surface area contributed by atoms with Crippen molar-refractivity contribution in [3.63, 3.8) is 0 Å². The summed E-state index contributed by atoms with van der Waals surface area (Å²) < 4.78 is 1.92. The quantitative estimate of drug-likeness (QED) is 0.824. The summed E-state index contributed by atoms with van der Waals surface area (Å²) in [5, 5.41) is 18.8. The van der Waals surface area contributed by atoms with Gasteiger partial charge in [-0.1, -0.05) is 6.07 Å². The molecule has 0 aliphatic carbocycles. The minimum Gasteiger partial charge on any atom is -0.481 e. The number of aliphatic hydroxyl groups excluding tert-OH is 1. The molecule has 0 amide bonds. The molecule has 0 spiro atoms. The van der Waals surface area contributed by atoms with Crippen molar-refractivity contribution >= 4 is 17.0 Å². The number of aliphatic hydroxyl groups is 1. The average Bonchev–Trinajstić information content (AvgIpc) is 2.77. The number of rotatable bonds is 6. The molecule has 0 aliphatic heterocycles. The van der Waals surface area contributed by atoms with E-state index in [9.17, 15) is 9.90 Å². The molecule has 6 heteroatoms. The van der Waals surface area contributed by atoms with Crippen molar-refractivity contribution < 1.29 is 15.0 Å². The number of aromatic nitrogens is 2. The maximum Gasteiger partial charge on any atom is 0.304 e. The molecule has 20 heavy (non-hydrogen) atoms. The Morgan fingerprint density at radius 2 is 2.25 bits per heavy atom. The zero-order chi connectivity index (χ0) is 14.7. The molecule has 1 aromatic heterocycles. The predicted molar refractivity (Wildman–Crippen MR) is 75.4 cm³/mol. The number of carboxylic acid groups (broad SMARTS) is 1. The van der Waals surface area contributed by atoms with Crippen LogP contribution in [0.5, 0.6) is 0 Å². The Balaban J connectivity index is 2.03. The van der Waals surface area contributed by atoms with Crippen molar-refractivity contribution in [2.24, 2.45) is 7.05 Å². The highest BCUT2D eigenvalue weighted by atomic mass is 16.4. The first-order chi connectivity index (χ1) is 9.47. The molecule has 108 valence electrons. The first-order valence-electron chi connectivity index (χ1n) is 6.46. The molecule has 1 atom stereocenters. The summed E-state index contributed by atoms with van der Waals surface area (Å²) in [6.45, 7) is 0.809. The van der Waals surface area contributed by atoms with E-state index in [-0.39, 0.29) is 6.42 Å². The lowest BCUT2D eigenvalue weighted by Crippen LogP contribution is -2.27. The van der Waals surface area contributed by atoms with E-state index in [1.807, 2.05) is 29.8 Å². The second-order valence-corrected chi connectivity index (χ2v) is 5.03. The third-order valence-electron chi connectivity index (χ3n) is 3.33. The van der Waals surface area contributed by atoms with Gasteiger partial charge in [0.2, 0.25) is 0 Å². The topological polar surface area (TPSA) is 78.6 Å². The molecular formula is C14H19N3O3. The summed E-state index contributed by atoms with van der Waals surface area (Å²) in [5.74, 6) is -0.832. The predicted octanol–water partition coefficient (Wildman–Crippen LogP) is 1.01. The van der Waals surface area contributed by atoms with Crippen LogP contribution >= 0.6 is 0 Å². The van der Waals surface area contributed by atoms with E-state index in [2.05, 4.69) is 4.98 Å². The third kappa shape index (κ3) is 3.34. The number of fused-ring (bicyclic) bond motifs is 1. The monoisotopic (exact) mass is 277 g/mol. The molecule has 0 radical (unpaired) electrons. The normalized spacial score (nSPS) is 13.0. The van der Waals surface area contributed by atoms with Gasteiger partial charge in [-0.2, -0.15) is 0 Å². The van der Waals surface area contributed by atoms with E-state index in [1.54, 1.807) is 18.3 Å². The van der Waals surface area contributed by atoms with Crippen LogP contribution in [-0.4, -0.2) is 50.8 Å². The van der Waals surface area contributed by atoms with Gasteiger partial charge >= 0.3 is 5.97 Å². The van der Waals surface area contributed by atoms with Gasteiger partial charge in [0.15, 0.2) is 0 Å². The third-order valence-corrected chi connectivity index (χ3v) is 3.33. The fraction of sp³-hybridized carbons (Fsp3) is 0.429. The number of benzene rings is 1. The van der Waals surface area contributed by atoms with Crippen LogP contribution in [0.15, 0.2) is 24.5 Å². The summed E-state index contributed by atoms with van der Waals surface area (Å²) in [4.78, 5) is 16.6. The highest BCUT2D eigenvalue weighted by Crippen LogP contribution is 2.19. The molecule has 0 aliphatic rings. The minimum absolute atomic E-state index is 0.0719. The maximum absolute atomic E-state index is 10.5. The lowest BCUT2D eigenvalue weighted by atomic mass is 10.1. The number of nitrogens with zero attached hydrogens (tertiary/aromatic N) is 3. The van der Waals surface area contributed by atoms with Crippen LogP contribution < -0.4 is 0 Å². The smallest absolute Gasteiger partial charge is 0.304 e. The lowest BCUT2D eigenvalue weighted by Gasteiger charge is -2.20.